The molecule has 3 aromatic carbocycles. The van der Waals surface area contributed by atoms with E-state index in [0.29, 0.717) is 18.0 Å². The van der Waals surface area contributed by atoms with E-state index < -0.39 is 6.03 Å². The van der Waals surface area contributed by atoms with Crippen LogP contribution in [0.25, 0.3) is 0 Å². The van der Waals surface area contributed by atoms with Crippen LogP contribution >= 0.6 is 38.5 Å². The van der Waals surface area contributed by atoms with Crippen LogP contribution in [0.15, 0.2) is 76.3 Å². The molecule has 0 aliphatic rings. The van der Waals surface area contributed by atoms with Crippen molar-refractivity contribution in [3.05, 3.63) is 91.5 Å². The van der Waals surface area contributed by atoms with Crippen LogP contribution in [0.4, 0.5) is 10.5 Å². The molecule has 0 aliphatic heterocycles. The minimum absolute atomic E-state index is 0.416. The molecule has 0 aliphatic carbocycles. The Labute approximate surface area is 191 Å². The third-order valence-corrected chi connectivity index (χ3v) is 5.62. The second kappa shape index (κ2) is 10.4. The molecule has 29 heavy (non-hydrogen) atoms. The van der Waals surface area contributed by atoms with Crippen molar-refractivity contribution >= 4 is 56.5 Å². The van der Waals surface area contributed by atoms with Crippen molar-refractivity contribution in [2.75, 3.05) is 5.32 Å². The topological polar surface area (TPSA) is 62.7 Å². The molecule has 0 saturated carbocycles. The summed E-state index contributed by atoms with van der Waals surface area (Å²) in [6.45, 7) is 2.41. The molecule has 0 fully saturated rings. The highest BCUT2D eigenvalue weighted by Crippen LogP contribution is 2.20. The number of hydrogen-bond donors (Lipinski definition) is 2. The number of carbonyl (C=O) groups is 1. The first kappa shape index (κ1) is 21.3. The van der Waals surface area contributed by atoms with E-state index in [0.717, 1.165) is 21.2 Å². The van der Waals surface area contributed by atoms with Gasteiger partial charge in [-0.3, -0.25) is 0 Å². The van der Waals surface area contributed by atoms with Crippen LogP contribution < -0.4 is 15.5 Å². The van der Waals surface area contributed by atoms with Crippen LogP contribution in [0.3, 0.4) is 0 Å². The minimum Gasteiger partial charge on any atom is -0.488 e. The number of hydrazone groups is 1. The monoisotopic (exact) mass is 563 g/mol. The van der Waals surface area contributed by atoms with Gasteiger partial charge >= 0.3 is 6.03 Å². The van der Waals surface area contributed by atoms with E-state index in [1.807, 2.05) is 73.7 Å². The van der Waals surface area contributed by atoms with Gasteiger partial charge in [-0.05, 0) is 83.1 Å². The van der Waals surface area contributed by atoms with Gasteiger partial charge in [-0.15, -0.1) is 0 Å². The molecule has 3 rings (SSSR count). The number of carbonyl (C=O) groups excluding carboxylic acids is 1. The molecule has 0 heterocycles. The summed E-state index contributed by atoms with van der Waals surface area (Å²) in [6, 6.07) is 20.9. The molecule has 0 spiro atoms. The molecule has 0 unspecified atom stereocenters. The van der Waals surface area contributed by atoms with Gasteiger partial charge in [0.15, 0.2) is 0 Å². The van der Waals surface area contributed by atoms with E-state index in [1.54, 1.807) is 6.21 Å². The lowest BCUT2D eigenvalue weighted by molar-refractivity contribution is 0.252. The number of benzene rings is 3. The Kier molecular flexibility index (Phi) is 7.65. The van der Waals surface area contributed by atoms with E-state index in [9.17, 15) is 4.79 Å². The van der Waals surface area contributed by atoms with Gasteiger partial charge in [0.1, 0.15) is 12.4 Å². The number of urea groups is 1. The summed E-state index contributed by atoms with van der Waals surface area (Å²) in [5.74, 6) is 0.695. The number of para-hydroxylation sites is 1. The highest BCUT2D eigenvalue weighted by Gasteiger charge is 2.04. The predicted octanol–water partition coefficient (Wildman–Crippen LogP) is 6.10. The largest absolute Gasteiger partial charge is 0.488 e. The molecule has 0 atom stereocenters. The summed E-state index contributed by atoms with van der Waals surface area (Å²) >= 11 is 5.71. The number of rotatable bonds is 6. The van der Waals surface area contributed by atoms with Gasteiger partial charge in [0, 0.05) is 19.3 Å². The Balaban J connectivity index is 1.57. The molecule has 2 amide bonds. The Morgan fingerprint density at radius 2 is 1.90 bits per heavy atom. The van der Waals surface area contributed by atoms with Gasteiger partial charge in [0.25, 0.3) is 0 Å². The van der Waals surface area contributed by atoms with Gasteiger partial charge in [0.2, 0.25) is 0 Å². The van der Waals surface area contributed by atoms with E-state index in [1.165, 1.54) is 3.57 Å². The Bertz CT molecular complexity index is 1020. The maximum absolute atomic E-state index is 12.0. The summed E-state index contributed by atoms with van der Waals surface area (Å²) in [6.07, 6.45) is 1.57. The van der Waals surface area contributed by atoms with Crippen molar-refractivity contribution in [3.63, 3.8) is 0 Å². The molecule has 3 aromatic rings. The van der Waals surface area contributed by atoms with E-state index in [-0.39, 0.29) is 0 Å². The normalized spacial score (nSPS) is 10.7. The first-order chi connectivity index (χ1) is 14.0. The first-order valence-electron chi connectivity index (χ1n) is 8.84. The molecule has 0 bridgehead atoms. The average Bonchev–Trinajstić information content (AvgIpc) is 2.71. The lowest BCUT2D eigenvalue weighted by atomic mass is 10.2. The summed E-state index contributed by atoms with van der Waals surface area (Å²) in [5, 5.41) is 6.77. The third-order valence-electron chi connectivity index (χ3n) is 4.01. The SMILES string of the molecule is Cc1cc(NC(=O)N/N=C/c2ccccc2OCc2ccc(I)cc2)ccc1Br. The number of anilines is 1. The van der Waals surface area contributed by atoms with Crippen LogP contribution in [0.1, 0.15) is 16.7 Å². The van der Waals surface area contributed by atoms with Gasteiger partial charge in [-0.25, -0.2) is 10.2 Å². The first-order valence-corrected chi connectivity index (χ1v) is 10.7. The molecular weight excluding hydrogens is 545 g/mol. The summed E-state index contributed by atoms with van der Waals surface area (Å²) in [4.78, 5) is 12.0. The lowest BCUT2D eigenvalue weighted by Gasteiger charge is -2.09. The number of ether oxygens (including phenoxy) is 1. The molecule has 7 heteroatoms. The van der Waals surface area contributed by atoms with E-state index >= 15 is 0 Å². The van der Waals surface area contributed by atoms with E-state index in [4.69, 9.17) is 4.74 Å². The number of nitrogens with zero attached hydrogens (tertiary/aromatic N) is 1. The fraction of sp³-hybridized carbons (Fsp3) is 0.0909. The molecular formula is C22H19BrIN3O2. The van der Waals surface area contributed by atoms with Gasteiger partial charge in [-0.1, -0.05) is 40.2 Å². The number of amides is 2. The fourth-order valence-electron chi connectivity index (χ4n) is 2.50. The zero-order chi connectivity index (χ0) is 20.6. The van der Waals surface area contributed by atoms with E-state index in [2.05, 4.69) is 54.4 Å². The summed E-state index contributed by atoms with van der Waals surface area (Å²) in [5.41, 5.74) is 6.06. The lowest BCUT2D eigenvalue weighted by Crippen LogP contribution is -2.24. The van der Waals surface area contributed by atoms with Crippen molar-refractivity contribution in [2.45, 2.75) is 13.5 Å². The van der Waals surface area contributed by atoms with Crippen LogP contribution in [0, 0.1) is 10.5 Å². The predicted molar refractivity (Wildman–Crippen MR) is 129 cm³/mol. The van der Waals surface area contributed by atoms with Crippen molar-refractivity contribution in [3.8, 4) is 5.75 Å². The zero-order valence-corrected chi connectivity index (χ0v) is 19.4. The third kappa shape index (κ3) is 6.57. The second-order valence-corrected chi connectivity index (χ2v) is 8.34. The highest BCUT2D eigenvalue weighted by molar-refractivity contribution is 14.1. The number of aryl methyl sites for hydroxylation is 1. The summed E-state index contributed by atoms with van der Waals surface area (Å²) in [7, 11) is 0. The molecule has 0 radical (unpaired) electrons. The van der Waals surface area contributed by atoms with Gasteiger partial charge < -0.3 is 10.1 Å². The van der Waals surface area contributed by atoms with Crippen LogP contribution in [-0.4, -0.2) is 12.2 Å². The van der Waals surface area contributed by atoms with Crippen LogP contribution in [0.5, 0.6) is 5.75 Å². The molecule has 148 valence electrons. The van der Waals surface area contributed by atoms with Crippen molar-refractivity contribution < 1.29 is 9.53 Å². The quantitative estimate of drug-likeness (QED) is 0.216. The minimum atomic E-state index is -0.416. The Morgan fingerprint density at radius 1 is 1.14 bits per heavy atom. The molecule has 5 nitrogen and oxygen atoms in total. The Hall–Kier alpha value is -2.39. The molecule has 2 N–H and O–H groups in total. The second-order valence-electron chi connectivity index (χ2n) is 6.24. The van der Waals surface area contributed by atoms with Crippen molar-refractivity contribution in [2.24, 2.45) is 5.10 Å². The Morgan fingerprint density at radius 3 is 2.66 bits per heavy atom. The fourth-order valence-corrected chi connectivity index (χ4v) is 3.11. The highest BCUT2D eigenvalue weighted by atomic mass is 127. The van der Waals surface area contributed by atoms with Gasteiger partial charge in [0.05, 0.1) is 6.21 Å². The number of hydrogen-bond acceptors (Lipinski definition) is 3. The van der Waals surface area contributed by atoms with Gasteiger partial charge in [-0.2, -0.15) is 5.10 Å². The molecule has 0 aromatic heterocycles. The maximum atomic E-state index is 12.0. The molecule has 0 saturated heterocycles. The van der Waals surface area contributed by atoms with Crippen molar-refractivity contribution in [1.29, 1.82) is 0 Å². The van der Waals surface area contributed by atoms with Crippen molar-refractivity contribution in [1.82, 2.24) is 5.43 Å². The number of nitrogens with one attached hydrogen (secondary N) is 2. The number of halogens is 2. The average molecular weight is 564 g/mol. The standard InChI is InChI=1S/C22H19BrIN3O2/c1-15-12-19(10-11-20(15)23)26-22(28)27-25-13-17-4-2-3-5-21(17)29-14-16-6-8-18(24)9-7-16/h2-13H,14H2,1H3,(H2,26,27,28)/b25-13+. The van der Waals surface area contributed by atoms with Crippen LogP contribution in [-0.2, 0) is 6.61 Å². The smallest absolute Gasteiger partial charge is 0.339 e. The van der Waals surface area contributed by atoms with Crippen LogP contribution in [0.2, 0.25) is 0 Å². The maximum Gasteiger partial charge on any atom is 0.339 e. The zero-order valence-electron chi connectivity index (χ0n) is 15.7. The summed E-state index contributed by atoms with van der Waals surface area (Å²) < 4.78 is 8.09.